The lowest BCUT2D eigenvalue weighted by Crippen LogP contribution is -2.32. The first-order chi connectivity index (χ1) is 6.94. The van der Waals surface area contributed by atoms with Gasteiger partial charge >= 0.3 is 6.18 Å². The second-order valence-corrected chi connectivity index (χ2v) is 2.99. The first-order valence-electron chi connectivity index (χ1n) is 4.10. The van der Waals surface area contributed by atoms with E-state index in [2.05, 4.69) is 10.3 Å². The highest BCUT2D eigenvalue weighted by molar-refractivity contribution is 5.13. The SMILES string of the molecule is Cn1cncc1C(C#N)NCC(F)(F)F. The lowest BCUT2D eigenvalue weighted by atomic mass is 10.2. The molecule has 0 aliphatic rings. The van der Waals surface area contributed by atoms with Crippen LogP contribution in [0.15, 0.2) is 12.5 Å². The predicted molar refractivity (Wildman–Crippen MR) is 45.6 cm³/mol. The Morgan fingerprint density at radius 2 is 2.33 bits per heavy atom. The monoisotopic (exact) mass is 218 g/mol. The van der Waals surface area contributed by atoms with Gasteiger partial charge in [0.15, 0.2) is 0 Å². The summed E-state index contributed by atoms with van der Waals surface area (Å²) in [6.07, 6.45) is -1.54. The summed E-state index contributed by atoms with van der Waals surface area (Å²) in [5.41, 5.74) is 0.404. The first-order valence-corrected chi connectivity index (χ1v) is 4.10. The van der Waals surface area contributed by atoms with Crippen molar-refractivity contribution in [1.82, 2.24) is 14.9 Å². The van der Waals surface area contributed by atoms with E-state index in [1.807, 2.05) is 0 Å². The maximum Gasteiger partial charge on any atom is 0.401 e. The molecule has 1 heterocycles. The number of nitrogens with one attached hydrogen (secondary N) is 1. The summed E-state index contributed by atoms with van der Waals surface area (Å²) in [6, 6.07) is 0.745. The quantitative estimate of drug-likeness (QED) is 0.827. The van der Waals surface area contributed by atoms with Crippen LogP contribution in [0.1, 0.15) is 11.7 Å². The second kappa shape index (κ2) is 4.31. The van der Waals surface area contributed by atoms with Crippen molar-refractivity contribution < 1.29 is 13.2 Å². The highest BCUT2D eigenvalue weighted by Gasteiger charge is 2.28. The number of hydrogen-bond donors (Lipinski definition) is 1. The molecule has 0 fully saturated rings. The van der Waals surface area contributed by atoms with E-state index < -0.39 is 18.8 Å². The minimum absolute atomic E-state index is 0.404. The van der Waals surface area contributed by atoms with Gasteiger partial charge in [-0.05, 0) is 0 Å². The summed E-state index contributed by atoms with van der Waals surface area (Å²) in [4.78, 5) is 3.73. The number of rotatable bonds is 3. The van der Waals surface area contributed by atoms with Crippen molar-refractivity contribution in [2.45, 2.75) is 12.2 Å². The lowest BCUT2D eigenvalue weighted by molar-refractivity contribution is -0.125. The second-order valence-electron chi connectivity index (χ2n) is 2.99. The lowest BCUT2D eigenvalue weighted by Gasteiger charge is -2.13. The van der Waals surface area contributed by atoms with E-state index in [4.69, 9.17) is 5.26 Å². The zero-order chi connectivity index (χ0) is 11.5. The molecule has 7 heteroatoms. The Bertz CT molecular complexity index is 363. The molecule has 4 nitrogen and oxygen atoms in total. The summed E-state index contributed by atoms with van der Waals surface area (Å²) in [6.45, 7) is -1.20. The van der Waals surface area contributed by atoms with Crippen molar-refractivity contribution >= 4 is 0 Å². The van der Waals surface area contributed by atoms with E-state index in [1.54, 1.807) is 13.1 Å². The number of nitriles is 1. The molecule has 0 aromatic carbocycles. The number of imidazole rings is 1. The van der Waals surface area contributed by atoms with E-state index >= 15 is 0 Å². The van der Waals surface area contributed by atoms with Gasteiger partial charge in [0.25, 0.3) is 0 Å². The average molecular weight is 218 g/mol. The van der Waals surface area contributed by atoms with Crippen LogP contribution >= 0.6 is 0 Å². The van der Waals surface area contributed by atoms with Crippen LogP contribution in [0, 0.1) is 11.3 Å². The molecule has 0 radical (unpaired) electrons. The van der Waals surface area contributed by atoms with Gasteiger partial charge < -0.3 is 4.57 Å². The number of nitrogens with zero attached hydrogens (tertiary/aromatic N) is 3. The molecular weight excluding hydrogens is 209 g/mol. The van der Waals surface area contributed by atoms with Gasteiger partial charge in [-0.3, -0.25) is 5.32 Å². The molecule has 0 amide bonds. The third-order valence-electron chi connectivity index (χ3n) is 1.79. The van der Waals surface area contributed by atoms with Crippen LogP contribution in [-0.2, 0) is 7.05 Å². The van der Waals surface area contributed by atoms with Crippen molar-refractivity contribution in [3.05, 3.63) is 18.2 Å². The maximum atomic E-state index is 11.9. The van der Waals surface area contributed by atoms with Gasteiger partial charge in [0.2, 0.25) is 0 Å². The highest BCUT2D eigenvalue weighted by atomic mass is 19.4. The van der Waals surface area contributed by atoms with Gasteiger partial charge in [-0.2, -0.15) is 18.4 Å². The van der Waals surface area contributed by atoms with Crippen molar-refractivity contribution in [2.75, 3.05) is 6.54 Å². The number of hydrogen-bond acceptors (Lipinski definition) is 3. The smallest absolute Gasteiger partial charge is 0.335 e. The minimum atomic E-state index is -4.33. The van der Waals surface area contributed by atoms with Crippen LogP contribution in [-0.4, -0.2) is 22.3 Å². The van der Waals surface area contributed by atoms with E-state index in [1.165, 1.54) is 17.1 Å². The van der Waals surface area contributed by atoms with Gasteiger partial charge in [0.05, 0.1) is 30.8 Å². The molecule has 1 unspecified atom stereocenters. The molecule has 1 aromatic rings. The fourth-order valence-corrected chi connectivity index (χ4v) is 1.08. The van der Waals surface area contributed by atoms with Crippen LogP contribution in [0.4, 0.5) is 13.2 Å². The first kappa shape index (κ1) is 11.5. The van der Waals surface area contributed by atoms with Gasteiger partial charge in [0.1, 0.15) is 6.04 Å². The molecule has 0 aliphatic carbocycles. The Hall–Kier alpha value is -1.55. The van der Waals surface area contributed by atoms with Crippen LogP contribution in [0.25, 0.3) is 0 Å². The maximum absolute atomic E-state index is 11.9. The van der Waals surface area contributed by atoms with Crippen molar-refractivity contribution in [3.8, 4) is 6.07 Å². The number of halogens is 3. The van der Waals surface area contributed by atoms with Gasteiger partial charge in [-0.25, -0.2) is 4.98 Å². The van der Waals surface area contributed by atoms with Crippen LogP contribution < -0.4 is 5.32 Å². The molecule has 0 saturated heterocycles. The fraction of sp³-hybridized carbons (Fsp3) is 0.500. The van der Waals surface area contributed by atoms with Crippen molar-refractivity contribution in [2.24, 2.45) is 7.05 Å². The van der Waals surface area contributed by atoms with Crippen LogP contribution in [0.3, 0.4) is 0 Å². The van der Waals surface area contributed by atoms with E-state index in [-0.39, 0.29) is 0 Å². The Morgan fingerprint density at radius 1 is 1.67 bits per heavy atom. The Kier molecular flexibility index (Phi) is 3.31. The van der Waals surface area contributed by atoms with Gasteiger partial charge in [0, 0.05) is 7.05 Å². The summed E-state index contributed by atoms with van der Waals surface area (Å²) >= 11 is 0. The molecule has 0 spiro atoms. The standard InChI is InChI=1S/C8H9F3N4/c1-15-5-13-3-7(15)6(2-12)14-4-8(9,10)11/h3,5-6,14H,4H2,1H3. The zero-order valence-electron chi connectivity index (χ0n) is 7.91. The Balaban J connectivity index is 2.67. The zero-order valence-corrected chi connectivity index (χ0v) is 7.91. The predicted octanol–water partition coefficient (Wildman–Crippen LogP) is 1.14. The molecule has 0 bridgehead atoms. The summed E-state index contributed by atoms with van der Waals surface area (Å²) in [5.74, 6) is 0. The number of aromatic nitrogens is 2. The van der Waals surface area contributed by atoms with Crippen molar-refractivity contribution in [1.29, 1.82) is 5.26 Å². The Morgan fingerprint density at radius 3 is 2.73 bits per heavy atom. The van der Waals surface area contributed by atoms with Crippen molar-refractivity contribution in [3.63, 3.8) is 0 Å². The average Bonchev–Trinajstić information content (AvgIpc) is 2.52. The molecule has 15 heavy (non-hydrogen) atoms. The van der Waals surface area contributed by atoms with Crippen LogP contribution in [0.5, 0.6) is 0 Å². The van der Waals surface area contributed by atoms with E-state index in [0.717, 1.165) is 0 Å². The van der Waals surface area contributed by atoms with Crippen LogP contribution in [0.2, 0.25) is 0 Å². The third kappa shape index (κ3) is 3.25. The summed E-state index contributed by atoms with van der Waals surface area (Å²) in [5, 5.41) is 10.8. The third-order valence-corrected chi connectivity index (χ3v) is 1.79. The molecule has 1 rings (SSSR count). The molecule has 1 N–H and O–H groups in total. The fourth-order valence-electron chi connectivity index (χ4n) is 1.08. The molecule has 0 saturated carbocycles. The normalized spacial score (nSPS) is 13.5. The topological polar surface area (TPSA) is 53.6 Å². The molecular formula is C8H9F3N4. The highest BCUT2D eigenvalue weighted by Crippen LogP contribution is 2.16. The summed E-state index contributed by atoms with van der Waals surface area (Å²) in [7, 11) is 1.61. The summed E-state index contributed by atoms with van der Waals surface area (Å²) < 4.78 is 37.2. The molecule has 0 aliphatic heterocycles. The van der Waals surface area contributed by atoms with Gasteiger partial charge in [-0.1, -0.05) is 0 Å². The van der Waals surface area contributed by atoms with Gasteiger partial charge in [-0.15, -0.1) is 0 Å². The Labute approximate surface area is 84.3 Å². The van der Waals surface area contributed by atoms with E-state index in [0.29, 0.717) is 5.69 Å². The minimum Gasteiger partial charge on any atom is -0.335 e. The number of aryl methyl sites for hydroxylation is 1. The molecule has 1 atom stereocenters. The number of alkyl halides is 3. The van der Waals surface area contributed by atoms with E-state index in [9.17, 15) is 13.2 Å². The molecule has 1 aromatic heterocycles. The largest absolute Gasteiger partial charge is 0.401 e. The molecule has 82 valence electrons.